The molecule has 0 atom stereocenters. The fourth-order valence-corrected chi connectivity index (χ4v) is 3.43. The molecule has 8 heteroatoms. The number of methoxy groups -OCH3 is 1. The standard InChI is InChI=1S/C19H15ClN4O2S/c1-25-16-8-6-15(7-9-16)24-11-10-21-19(24)27-12-17-22-18(26-23-17)13-2-4-14(20)5-3-13/h2-11H,12H2,1H3. The van der Waals surface area contributed by atoms with Gasteiger partial charge in [0.05, 0.1) is 12.9 Å². The summed E-state index contributed by atoms with van der Waals surface area (Å²) < 4.78 is 12.5. The lowest BCUT2D eigenvalue weighted by molar-refractivity contribution is 0.414. The average molecular weight is 399 g/mol. The van der Waals surface area contributed by atoms with Crippen LogP contribution in [0.25, 0.3) is 17.1 Å². The topological polar surface area (TPSA) is 66.0 Å². The minimum absolute atomic E-state index is 0.473. The van der Waals surface area contributed by atoms with Gasteiger partial charge in [-0.1, -0.05) is 28.5 Å². The molecule has 0 fully saturated rings. The van der Waals surface area contributed by atoms with Crippen LogP contribution in [0.15, 0.2) is 70.6 Å². The highest BCUT2D eigenvalue weighted by molar-refractivity contribution is 7.98. The van der Waals surface area contributed by atoms with E-state index in [1.165, 1.54) is 11.8 Å². The van der Waals surface area contributed by atoms with Gasteiger partial charge in [0.1, 0.15) is 5.75 Å². The molecule has 0 aliphatic carbocycles. The van der Waals surface area contributed by atoms with Gasteiger partial charge in [0, 0.05) is 28.7 Å². The molecule has 2 aromatic carbocycles. The Bertz CT molecular complexity index is 1030. The lowest BCUT2D eigenvalue weighted by Gasteiger charge is -2.07. The maximum absolute atomic E-state index is 5.91. The molecular formula is C19H15ClN4O2S. The second-order valence-corrected chi connectivity index (χ2v) is 6.97. The quantitative estimate of drug-likeness (QED) is 0.431. The maximum atomic E-state index is 5.91. The molecule has 4 aromatic rings. The van der Waals surface area contributed by atoms with E-state index in [1.54, 1.807) is 25.4 Å². The summed E-state index contributed by atoms with van der Waals surface area (Å²) in [5.41, 5.74) is 1.84. The van der Waals surface area contributed by atoms with E-state index >= 15 is 0 Å². The number of aromatic nitrogens is 4. The second-order valence-electron chi connectivity index (χ2n) is 5.59. The van der Waals surface area contributed by atoms with Gasteiger partial charge in [0.25, 0.3) is 5.89 Å². The normalized spacial score (nSPS) is 10.9. The molecule has 4 rings (SSSR count). The lowest BCUT2D eigenvalue weighted by Crippen LogP contribution is -1.96. The Hall–Kier alpha value is -2.77. The third-order valence-electron chi connectivity index (χ3n) is 3.85. The molecule has 0 aliphatic rings. The molecule has 27 heavy (non-hydrogen) atoms. The van der Waals surface area contributed by atoms with Gasteiger partial charge < -0.3 is 9.26 Å². The van der Waals surface area contributed by atoms with E-state index < -0.39 is 0 Å². The van der Waals surface area contributed by atoms with Gasteiger partial charge in [-0.25, -0.2) is 4.98 Å². The van der Waals surface area contributed by atoms with Gasteiger partial charge in [-0.05, 0) is 48.5 Å². The first-order valence-corrected chi connectivity index (χ1v) is 9.48. The Morgan fingerprint density at radius 3 is 2.63 bits per heavy atom. The number of rotatable bonds is 6. The second kappa shape index (κ2) is 7.85. The van der Waals surface area contributed by atoms with Crippen molar-refractivity contribution in [1.82, 2.24) is 19.7 Å². The van der Waals surface area contributed by atoms with E-state index in [0.717, 1.165) is 22.2 Å². The minimum atomic E-state index is 0.473. The fourth-order valence-electron chi connectivity index (χ4n) is 2.49. The first-order chi connectivity index (χ1) is 13.2. The van der Waals surface area contributed by atoms with Gasteiger partial charge >= 0.3 is 0 Å². The molecule has 2 heterocycles. The number of hydrogen-bond acceptors (Lipinski definition) is 6. The van der Waals surface area contributed by atoms with Gasteiger partial charge in [0.2, 0.25) is 0 Å². The minimum Gasteiger partial charge on any atom is -0.497 e. The maximum Gasteiger partial charge on any atom is 0.257 e. The zero-order valence-electron chi connectivity index (χ0n) is 14.4. The van der Waals surface area contributed by atoms with Crippen LogP contribution in [0.5, 0.6) is 5.75 Å². The van der Waals surface area contributed by atoms with E-state index in [0.29, 0.717) is 22.5 Å². The van der Waals surface area contributed by atoms with Crippen LogP contribution < -0.4 is 4.74 Å². The van der Waals surface area contributed by atoms with E-state index in [1.807, 2.05) is 47.2 Å². The van der Waals surface area contributed by atoms with Crippen molar-refractivity contribution in [2.24, 2.45) is 0 Å². The van der Waals surface area contributed by atoms with E-state index in [4.69, 9.17) is 20.9 Å². The smallest absolute Gasteiger partial charge is 0.257 e. The molecule has 6 nitrogen and oxygen atoms in total. The first kappa shape index (κ1) is 17.6. The summed E-state index contributed by atoms with van der Waals surface area (Å²) in [4.78, 5) is 8.86. The van der Waals surface area contributed by atoms with Crippen molar-refractivity contribution >= 4 is 23.4 Å². The van der Waals surface area contributed by atoms with Crippen LogP contribution in [0.2, 0.25) is 5.02 Å². The van der Waals surface area contributed by atoms with Crippen LogP contribution in [0.4, 0.5) is 0 Å². The van der Waals surface area contributed by atoms with Crippen LogP contribution in [0.3, 0.4) is 0 Å². The van der Waals surface area contributed by atoms with Crippen LogP contribution in [-0.4, -0.2) is 26.8 Å². The Balaban J connectivity index is 1.47. The molecule has 0 N–H and O–H groups in total. The summed E-state index contributed by atoms with van der Waals surface area (Å²) in [6.07, 6.45) is 3.68. The van der Waals surface area contributed by atoms with Crippen molar-refractivity contribution in [2.75, 3.05) is 7.11 Å². The molecule has 0 aliphatic heterocycles. The molecule has 136 valence electrons. The molecule has 0 spiro atoms. The number of hydrogen-bond donors (Lipinski definition) is 0. The molecule has 0 saturated heterocycles. The number of imidazole rings is 1. The van der Waals surface area contributed by atoms with Crippen molar-refractivity contribution in [1.29, 1.82) is 0 Å². The number of thioether (sulfide) groups is 1. The molecule has 0 radical (unpaired) electrons. The number of halogens is 1. The Morgan fingerprint density at radius 1 is 1.11 bits per heavy atom. The van der Waals surface area contributed by atoms with E-state index in [9.17, 15) is 0 Å². The molecule has 0 bridgehead atoms. The highest BCUT2D eigenvalue weighted by Gasteiger charge is 2.12. The lowest BCUT2D eigenvalue weighted by atomic mass is 10.2. The predicted molar refractivity (Wildman–Crippen MR) is 104 cm³/mol. The Kier molecular flexibility index (Phi) is 5.13. The summed E-state index contributed by atoms with van der Waals surface area (Å²) in [7, 11) is 1.65. The molecule has 0 unspecified atom stereocenters. The van der Waals surface area contributed by atoms with E-state index in [-0.39, 0.29) is 0 Å². The number of nitrogens with zero attached hydrogens (tertiary/aromatic N) is 4. The molecular weight excluding hydrogens is 384 g/mol. The van der Waals surface area contributed by atoms with Crippen LogP contribution in [-0.2, 0) is 5.75 Å². The van der Waals surface area contributed by atoms with Crippen LogP contribution in [0.1, 0.15) is 5.82 Å². The van der Waals surface area contributed by atoms with Gasteiger partial charge in [-0.3, -0.25) is 4.57 Å². The third-order valence-corrected chi connectivity index (χ3v) is 5.06. The molecule has 0 amide bonds. The van der Waals surface area contributed by atoms with Gasteiger partial charge in [-0.2, -0.15) is 4.98 Å². The average Bonchev–Trinajstić information content (AvgIpc) is 3.36. The van der Waals surface area contributed by atoms with Gasteiger partial charge in [0.15, 0.2) is 11.0 Å². The zero-order chi connectivity index (χ0) is 18.6. The zero-order valence-corrected chi connectivity index (χ0v) is 15.9. The van der Waals surface area contributed by atoms with Crippen LogP contribution >= 0.6 is 23.4 Å². The highest BCUT2D eigenvalue weighted by Crippen LogP contribution is 2.26. The fraction of sp³-hybridized carbons (Fsp3) is 0.105. The first-order valence-electron chi connectivity index (χ1n) is 8.12. The molecule has 0 saturated carbocycles. The van der Waals surface area contributed by atoms with Crippen molar-refractivity contribution < 1.29 is 9.26 Å². The summed E-state index contributed by atoms with van der Waals surface area (Å²) in [5.74, 6) is 2.44. The molecule has 2 aromatic heterocycles. The largest absolute Gasteiger partial charge is 0.497 e. The van der Waals surface area contributed by atoms with Gasteiger partial charge in [-0.15, -0.1) is 0 Å². The Labute approximate surface area is 165 Å². The number of ether oxygens (including phenoxy) is 1. The van der Waals surface area contributed by atoms with Crippen molar-refractivity contribution in [3.63, 3.8) is 0 Å². The monoisotopic (exact) mass is 398 g/mol. The highest BCUT2D eigenvalue weighted by atomic mass is 35.5. The van der Waals surface area contributed by atoms with E-state index in [2.05, 4.69) is 15.1 Å². The van der Waals surface area contributed by atoms with Crippen LogP contribution in [0, 0.1) is 0 Å². The third kappa shape index (κ3) is 3.99. The number of benzene rings is 2. The summed E-state index contributed by atoms with van der Waals surface area (Å²) in [6, 6.07) is 15.1. The van der Waals surface area contributed by atoms with Crippen molar-refractivity contribution in [3.05, 3.63) is 71.8 Å². The summed E-state index contributed by atoms with van der Waals surface area (Å²) >= 11 is 7.44. The van der Waals surface area contributed by atoms with Crippen molar-refractivity contribution in [2.45, 2.75) is 10.9 Å². The SMILES string of the molecule is COc1ccc(-n2ccnc2SCc2noc(-c3ccc(Cl)cc3)n2)cc1. The summed E-state index contributed by atoms with van der Waals surface area (Å²) in [6.45, 7) is 0. The predicted octanol–water partition coefficient (Wildman–Crippen LogP) is 4.88. The summed E-state index contributed by atoms with van der Waals surface area (Å²) in [5, 5.41) is 5.56. The Morgan fingerprint density at radius 2 is 1.89 bits per heavy atom. The van der Waals surface area contributed by atoms with Crippen molar-refractivity contribution in [3.8, 4) is 22.9 Å².